The molecule has 0 saturated heterocycles. The van der Waals surface area contributed by atoms with Crippen LogP contribution in [0.25, 0.3) is 0 Å². The summed E-state index contributed by atoms with van der Waals surface area (Å²) in [6.45, 7) is 2.90. The Balaban J connectivity index is 1.76. The lowest BCUT2D eigenvalue weighted by molar-refractivity contribution is -0.117. The number of nitrogens with zero attached hydrogens (tertiary/aromatic N) is 3. The van der Waals surface area contributed by atoms with Crippen molar-refractivity contribution in [1.29, 1.82) is 0 Å². The van der Waals surface area contributed by atoms with Gasteiger partial charge in [0, 0.05) is 6.07 Å². The number of hydrogen-bond acceptors (Lipinski definition) is 4. The molecule has 1 atom stereocenters. The SMILES string of the molecule is CC1C(=O)Nc2ccccc2N1C(=O)c1cc2n(n1)CCO2. The van der Waals surface area contributed by atoms with Crippen molar-refractivity contribution in [1.82, 2.24) is 9.78 Å². The normalized spacial score (nSPS) is 19.2. The maximum atomic E-state index is 12.8. The molecule has 1 unspecified atom stereocenters. The third-order valence-corrected chi connectivity index (χ3v) is 3.92. The maximum absolute atomic E-state index is 12.8. The predicted octanol–water partition coefficient (Wildman–Crippen LogP) is 1.26. The Kier molecular flexibility index (Phi) is 2.69. The third-order valence-electron chi connectivity index (χ3n) is 3.92. The Hall–Kier alpha value is -2.83. The minimum absolute atomic E-state index is 0.213. The van der Waals surface area contributed by atoms with Crippen LogP contribution in [0.3, 0.4) is 0 Å². The second-order valence-corrected chi connectivity index (χ2v) is 5.30. The quantitative estimate of drug-likeness (QED) is 0.860. The van der Waals surface area contributed by atoms with Gasteiger partial charge in [0.05, 0.1) is 17.9 Å². The van der Waals surface area contributed by atoms with Crippen LogP contribution in [0.2, 0.25) is 0 Å². The molecule has 7 nitrogen and oxygen atoms in total. The van der Waals surface area contributed by atoms with Gasteiger partial charge < -0.3 is 10.1 Å². The molecule has 4 rings (SSSR count). The van der Waals surface area contributed by atoms with Gasteiger partial charge in [-0.1, -0.05) is 12.1 Å². The molecule has 0 spiro atoms. The van der Waals surface area contributed by atoms with Crippen LogP contribution < -0.4 is 15.0 Å². The Morgan fingerprint density at radius 3 is 3.05 bits per heavy atom. The number of benzene rings is 1. The Morgan fingerprint density at radius 2 is 2.23 bits per heavy atom. The van der Waals surface area contributed by atoms with Gasteiger partial charge in [0.1, 0.15) is 12.6 Å². The van der Waals surface area contributed by atoms with Crippen molar-refractivity contribution in [3.05, 3.63) is 36.0 Å². The fraction of sp³-hybridized carbons (Fsp3) is 0.267. The summed E-state index contributed by atoms with van der Waals surface area (Å²) in [6.07, 6.45) is 0. The van der Waals surface area contributed by atoms with E-state index in [-0.39, 0.29) is 17.5 Å². The number of fused-ring (bicyclic) bond motifs is 2. The van der Waals surface area contributed by atoms with E-state index in [9.17, 15) is 9.59 Å². The van der Waals surface area contributed by atoms with Gasteiger partial charge in [-0.2, -0.15) is 5.10 Å². The second-order valence-electron chi connectivity index (χ2n) is 5.30. The number of rotatable bonds is 1. The first-order valence-electron chi connectivity index (χ1n) is 7.09. The molecule has 22 heavy (non-hydrogen) atoms. The highest BCUT2D eigenvalue weighted by molar-refractivity contribution is 6.16. The zero-order valence-electron chi connectivity index (χ0n) is 11.9. The fourth-order valence-electron chi connectivity index (χ4n) is 2.78. The lowest BCUT2D eigenvalue weighted by Crippen LogP contribution is -2.49. The summed E-state index contributed by atoms with van der Waals surface area (Å²) in [5.41, 5.74) is 1.58. The summed E-state index contributed by atoms with van der Waals surface area (Å²) in [4.78, 5) is 26.4. The van der Waals surface area contributed by atoms with Crippen LogP contribution in [0.1, 0.15) is 17.4 Å². The van der Waals surface area contributed by atoms with E-state index in [4.69, 9.17) is 4.74 Å². The molecule has 1 aromatic carbocycles. The van der Waals surface area contributed by atoms with Gasteiger partial charge in [0.15, 0.2) is 5.69 Å². The molecule has 1 N–H and O–H groups in total. The molecule has 0 radical (unpaired) electrons. The fourth-order valence-corrected chi connectivity index (χ4v) is 2.78. The number of para-hydroxylation sites is 2. The van der Waals surface area contributed by atoms with E-state index in [1.54, 1.807) is 23.7 Å². The van der Waals surface area contributed by atoms with E-state index in [2.05, 4.69) is 10.4 Å². The van der Waals surface area contributed by atoms with E-state index in [0.29, 0.717) is 30.4 Å². The van der Waals surface area contributed by atoms with Gasteiger partial charge in [-0.3, -0.25) is 14.5 Å². The van der Waals surface area contributed by atoms with Crippen molar-refractivity contribution in [3.8, 4) is 5.88 Å². The standard InChI is InChI=1S/C15H14N4O3/c1-9-14(20)16-10-4-2-3-5-12(10)19(9)15(21)11-8-13-18(17-11)6-7-22-13/h2-5,8-9H,6-7H2,1H3,(H,16,20). The number of nitrogens with one attached hydrogen (secondary N) is 1. The Bertz CT molecular complexity index is 761. The minimum Gasteiger partial charge on any atom is -0.476 e. The van der Waals surface area contributed by atoms with Crippen molar-refractivity contribution < 1.29 is 14.3 Å². The first kappa shape index (κ1) is 12.9. The van der Waals surface area contributed by atoms with Gasteiger partial charge in [-0.25, -0.2) is 4.68 Å². The topological polar surface area (TPSA) is 76.5 Å². The number of ether oxygens (including phenoxy) is 1. The number of anilines is 2. The lowest BCUT2D eigenvalue weighted by atomic mass is 10.1. The van der Waals surface area contributed by atoms with Crippen LogP contribution in [0.4, 0.5) is 11.4 Å². The van der Waals surface area contributed by atoms with E-state index in [1.165, 1.54) is 4.90 Å². The highest BCUT2D eigenvalue weighted by Gasteiger charge is 2.35. The van der Waals surface area contributed by atoms with Crippen LogP contribution in [-0.2, 0) is 11.3 Å². The summed E-state index contributed by atoms with van der Waals surface area (Å²) in [5, 5.41) is 7.07. The predicted molar refractivity (Wildman–Crippen MR) is 79.1 cm³/mol. The molecule has 2 aromatic rings. The van der Waals surface area contributed by atoms with E-state index < -0.39 is 6.04 Å². The molecule has 112 valence electrons. The zero-order chi connectivity index (χ0) is 15.3. The van der Waals surface area contributed by atoms with Crippen LogP contribution >= 0.6 is 0 Å². The van der Waals surface area contributed by atoms with Crippen LogP contribution in [0, 0.1) is 0 Å². The minimum atomic E-state index is -0.597. The number of aromatic nitrogens is 2. The average Bonchev–Trinajstić information content (AvgIpc) is 3.09. The molecule has 1 aromatic heterocycles. The number of amides is 2. The highest BCUT2D eigenvalue weighted by Crippen LogP contribution is 2.33. The van der Waals surface area contributed by atoms with Gasteiger partial charge in [-0.05, 0) is 19.1 Å². The monoisotopic (exact) mass is 298 g/mol. The summed E-state index contributed by atoms with van der Waals surface area (Å²) < 4.78 is 7.05. The van der Waals surface area contributed by atoms with Gasteiger partial charge in [-0.15, -0.1) is 0 Å². The van der Waals surface area contributed by atoms with E-state index in [0.717, 1.165) is 0 Å². The average molecular weight is 298 g/mol. The first-order chi connectivity index (χ1) is 10.6. The molecule has 2 aliphatic heterocycles. The van der Waals surface area contributed by atoms with Crippen LogP contribution in [-0.4, -0.2) is 34.2 Å². The molecule has 0 aliphatic carbocycles. The summed E-state index contributed by atoms with van der Waals surface area (Å²) in [7, 11) is 0. The van der Waals surface area contributed by atoms with Crippen molar-refractivity contribution >= 4 is 23.2 Å². The molecular weight excluding hydrogens is 284 g/mol. The van der Waals surface area contributed by atoms with Crippen molar-refractivity contribution in [3.63, 3.8) is 0 Å². The maximum Gasteiger partial charge on any atom is 0.279 e. The molecule has 0 bridgehead atoms. The largest absolute Gasteiger partial charge is 0.476 e. The molecule has 0 fully saturated rings. The van der Waals surface area contributed by atoms with Crippen molar-refractivity contribution in [2.24, 2.45) is 0 Å². The molecule has 0 saturated carbocycles. The van der Waals surface area contributed by atoms with Gasteiger partial charge in [0.2, 0.25) is 11.8 Å². The molecule has 2 aliphatic rings. The molecular formula is C15H14N4O3. The number of carbonyl (C=O) groups excluding carboxylic acids is 2. The highest BCUT2D eigenvalue weighted by atomic mass is 16.5. The van der Waals surface area contributed by atoms with E-state index >= 15 is 0 Å². The Morgan fingerprint density at radius 1 is 1.41 bits per heavy atom. The lowest BCUT2D eigenvalue weighted by Gasteiger charge is -2.34. The summed E-state index contributed by atoms with van der Waals surface area (Å²) in [5.74, 6) is 0.0705. The molecule has 2 amide bonds. The second kappa shape index (κ2) is 4.59. The van der Waals surface area contributed by atoms with Crippen molar-refractivity contribution in [2.75, 3.05) is 16.8 Å². The molecule has 7 heteroatoms. The third kappa shape index (κ3) is 1.78. The number of carbonyl (C=O) groups is 2. The van der Waals surface area contributed by atoms with Crippen LogP contribution in [0.5, 0.6) is 5.88 Å². The Labute approximate surface area is 126 Å². The molecule has 3 heterocycles. The van der Waals surface area contributed by atoms with Crippen LogP contribution in [0.15, 0.2) is 30.3 Å². The van der Waals surface area contributed by atoms with Gasteiger partial charge >= 0.3 is 0 Å². The smallest absolute Gasteiger partial charge is 0.279 e. The summed E-state index contributed by atoms with van der Waals surface area (Å²) >= 11 is 0. The number of hydrogen-bond donors (Lipinski definition) is 1. The zero-order valence-corrected chi connectivity index (χ0v) is 11.9. The van der Waals surface area contributed by atoms with Crippen molar-refractivity contribution in [2.45, 2.75) is 19.5 Å². The first-order valence-corrected chi connectivity index (χ1v) is 7.09. The summed E-state index contributed by atoms with van der Waals surface area (Å²) in [6, 6.07) is 8.26. The van der Waals surface area contributed by atoms with E-state index in [1.807, 2.05) is 18.2 Å². The van der Waals surface area contributed by atoms with Gasteiger partial charge in [0.25, 0.3) is 5.91 Å².